The second-order valence-corrected chi connectivity index (χ2v) is 5.99. The summed E-state index contributed by atoms with van der Waals surface area (Å²) in [5.41, 5.74) is 2.42. The standard InChI is InChI=1S/C22H25NO6/c1-5-15-6-9-17(10-7-15)23-21(24)14-29-22(25)11-8-16-12-19(27-3)20(28-4)13-18(16)26-2/h6-13H,5,14H2,1-4H3,(H,23,24)/b11-8+. The molecule has 0 atom stereocenters. The fourth-order valence-corrected chi connectivity index (χ4v) is 2.55. The van der Waals surface area contributed by atoms with Crippen molar-refractivity contribution in [2.24, 2.45) is 0 Å². The predicted molar refractivity (Wildman–Crippen MR) is 111 cm³/mol. The molecule has 2 rings (SSSR count). The predicted octanol–water partition coefficient (Wildman–Crippen LogP) is 3.47. The van der Waals surface area contributed by atoms with Gasteiger partial charge in [0.15, 0.2) is 18.1 Å². The first kappa shape index (κ1) is 21.8. The van der Waals surface area contributed by atoms with E-state index in [-0.39, 0.29) is 6.61 Å². The van der Waals surface area contributed by atoms with Crippen LogP contribution in [0.2, 0.25) is 0 Å². The number of aryl methyl sites for hydroxylation is 1. The monoisotopic (exact) mass is 399 g/mol. The third-order valence-electron chi connectivity index (χ3n) is 4.13. The van der Waals surface area contributed by atoms with Crippen LogP contribution in [0.4, 0.5) is 5.69 Å². The van der Waals surface area contributed by atoms with Gasteiger partial charge in [0.1, 0.15) is 5.75 Å². The Morgan fingerprint density at radius 3 is 2.14 bits per heavy atom. The van der Waals surface area contributed by atoms with Crippen LogP contribution in [0.25, 0.3) is 6.08 Å². The number of esters is 1. The molecule has 0 radical (unpaired) electrons. The van der Waals surface area contributed by atoms with Gasteiger partial charge in [0.25, 0.3) is 5.91 Å². The number of benzene rings is 2. The van der Waals surface area contributed by atoms with E-state index >= 15 is 0 Å². The molecule has 7 heteroatoms. The molecule has 0 saturated carbocycles. The molecule has 29 heavy (non-hydrogen) atoms. The summed E-state index contributed by atoms with van der Waals surface area (Å²) >= 11 is 0. The van der Waals surface area contributed by atoms with Crippen molar-refractivity contribution in [1.29, 1.82) is 0 Å². The van der Waals surface area contributed by atoms with Crippen molar-refractivity contribution in [3.8, 4) is 17.2 Å². The summed E-state index contributed by atoms with van der Waals surface area (Å²) in [4.78, 5) is 23.9. The highest BCUT2D eigenvalue weighted by Gasteiger charge is 2.11. The summed E-state index contributed by atoms with van der Waals surface area (Å²) in [6, 6.07) is 10.8. The number of carbonyl (C=O) groups is 2. The number of carbonyl (C=O) groups excluding carboxylic acids is 2. The van der Waals surface area contributed by atoms with Gasteiger partial charge in [-0.15, -0.1) is 0 Å². The average Bonchev–Trinajstić information content (AvgIpc) is 2.76. The van der Waals surface area contributed by atoms with Gasteiger partial charge in [0.2, 0.25) is 0 Å². The quantitative estimate of drug-likeness (QED) is 0.514. The highest BCUT2D eigenvalue weighted by atomic mass is 16.5. The second kappa shape index (κ2) is 10.8. The SMILES string of the molecule is CCc1ccc(NC(=O)COC(=O)/C=C/c2cc(OC)c(OC)cc2OC)cc1. The van der Waals surface area contributed by atoms with Crippen LogP contribution in [-0.4, -0.2) is 39.8 Å². The summed E-state index contributed by atoms with van der Waals surface area (Å²) in [7, 11) is 4.54. The first-order valence-electron chi connectivity index (χ1n) is 9.04. The molecular formula is C22H25NO6. The molecule has 2 aromatic rings. The molecule has 1 N–H and O–H groups in total. The number of amides is 1. The van der Waals surface area contributed by atoms with Gasteiger partial charge in [-0.3, -0.25) is 4.79 Å². The molecule has 2 aromatic carbocycles. The maximum Gasteiger partial charge on any atom is 0.331 e. The van der Waals surface area contributed by atoms with E-state index in [0.717, 1.165) is 6.42 Å². The number of methoxy groups -OCH3 is 3. The first-order chi connectivity index (χ1) is 14.0. The Hall–Kier alpha value is -3.48. The van der Waals surface area contributed by atoms with Gasteiger partial charge in [0, 0.05) is 23.4 Å². The van der Waals surface area contributed by atoms with E-state index < -0.39 is 11.9 Å². The van der Waals surface area contributed by atoms with Crippen LogP contribution in [0.15, 0.2) is 42.5 Å². The number of ether oxygens (including phenoxy) is 4. The van der Waals surface area contributed by atoms with Gasteiger partial charge in [-0.2, -0.15) is 0 Å². The van der Waals surface area contributed by atoms with Gasteiger partial charge in [0.05, 0.1) is 21.3 Å². The summed E-state index contributed by atoms with van der Waals surface area (Å²) in [5.74, 6) is 0.431. The summed E-state index contributed by atoms with van der Waals surface area (Å²) in [5, 5.41) is 2.68. The molecule has 0 bridgehead atoms. The minimum atomic E-state index is -0.654. The summed E-state index contributed by atoms with van der Waals surface area (Å²) in [6.45, 7) is 1.67. The van der Waals surface area contributed by atoms with Gasteiger partial charge in [-0.25, -0.2) is 4.79 Å². The van der Waals surface area contributed by atoms with Crippen LogP contribution in [0.5, 0.6) is 17.2 Å². The van der Waals surface area contributed by atoms with Crippen LogP contribution < -0.4 is 19.5 Å². The van der Waals surface area contributed by atoms with Crippen molar-refractivity contribution in [2.45, 2.75) is 13.3 Å². The van der Waals surface area contributed by atoms with E-state index in [2.05, 4.69) is 12.2 Å². The van der Waals surface area contributed by atoms with Crippen molar-refractivity contribution < 1.29 is 28.5 Å². The van der Waals surface area contributed by atoms with Gasteiger partial charge < -0.3 is 24.3 Å². The minimum absolute atomic E-state index is 0.387. The van der Waals surface area contributed by atoms with E-state index in [9.17, 15) is 9.59 Å². The Morgan fingerprint density at radius 2 is 1.55 bits per heavy atom. The number of anilines is 1. The zero-order valence-corrected chi connectivity index (χ0v) is 17.0. The van der Waals surface area contributed by atoms with Gasteiger partial charge in [-0.05, 0) is 36.3 Å². The lowest BCUT2D eigenvalue weighted by Gasteiger charge is -2.12. The van der Waals surface area contributed by atoms with Crippen LogP contribution >= 0.6 is 0 Å². The Kier molecular flexibility index (Phi) is 8.09. The molecule has 0 spiro atoms. The van der Waals surface area contributed by atoms with Crippen molar-refractivity contribution in [3.05, 3.63) is 53.6 Å². The third kappa shape index (κ3) is 6.27. The molecule has 0 unspecified atom stereocenters. The molecule has 0 aliphatic rings. The molecule has 0 fully saturated rings. The number of hydrogen-bond donors (Lipinski definition) is 1. The molecule has 0 saturated heterocycles. The van der Waals surface area contributed by atoms with Crippen molar-refractivity contribution in [1.82, 2.24) is 0 Å². The van der Waals surface area contributed by atoms with Gasteiger partial charge in [-0.1, -0.05) is 19.1 Å². The second-order valence-electron chi connectivity index (χ2n) is 5.99. The zero-order valence-electron chi connectivity index (χ0n) is 17.0. The van der Waals surface area contributed by atoms with Crippen LogP contribution in [0, 0.1) is 0 Å². The Bertz CT molecular complexity index is 874. The molecule has 0 aliphatic carbocycles. The smallest absolute Gasteiger partial charge is 0.331 e. The molecule has 0 heterocycles. The van der Waals surface area contributed by atoms with E-state index in [0.29, 0.717) is 28.5 Å². The summed E-state index contributed by atoms with van der Waals surface area (Å²) in [6.07, 6.45) is 3.65. The third-order valence-corrected chi connectivity index (χ3v) is 4.13. The van der Waals surface area contributed by atoms with E-state index in [1.54, 1.807) is 12.1 Å². The summed E-state index contributed by atoms with van der Waals surface area (Å²) < 4.78 is 20.8. The van der Waals surface area contributed by atoms with Crippen LogP contribution in [-0.2, 0) is 20.7 Å². The van der Waals surface area contributed by atoms with Crippen molar-refractivity contribution in [2.75, 3.05) is 33.3 Å². The fraction of sp³-hybridized carbons (Fsp3) is 0.273. The lowest BCUT2D eigenvalue weighted by Crippen LogP contribution is -2.20. The lowest BCUT2D eigenvalue weighted by atomic mass is 10.1. The molecular weight excluding hydrogens is 374 g/mol. The van der Waals surface area contributed by atoms with Crippen molar-refractivity contribution >= 4 is 23.6 Å². The minimum Gasteiger partial charge on any atom is -0.496 e. The van der Waals surface area contributed by atoms with Crippen LogP contribution in [0.3, 0.4) is 0 Å². The van der Waals surface area contributed by atoms with E-state index in [1.807, 2.05) is 24.3 Å². The van der Waals surface area contributed by atoms with E-state index in [1.165, 1.54) is 39.0 Å². The zero-order chi connectivity index (χ0) is 21.2. The van der Waals surface area contributed by atoms with Crippen molar-refractivity contribution in [3.63, 3.8) is 0 Å². The Morgan fingerprint density at radius 1 is 0.931 bits per heavy atom. The normalized spacial score (nSPS) is 10.5. The Balaban J connectivity index is 1.94. The lowest BCUT2D eigenvalue weighted by molar-refractivity contribution is -0.142. The number of rotatable bonds is 9. The molecule has 0 aromatic heterocycles. The molecule has 7 nitrogen and oxygen atoms in total. The maximum absolute atomic E-state index is 11.9. The average molecular weight is 399 g/mol. The highest BCUT2D eigenvalue weighted by Crippen LogP contribution is 2.35. The topological polar surface area (TPSA) is 83.1 Å². The van der Waals surface area contributed by atoms with E-state index in [4.69, 9.17) is 18.9 Å². The van der Waals surface area contributed by atoms with Gasteiger partial charge >= 0.3 is 5.97 Å². The maximum atomic E-state index is 11.9. The van der Waals surface area contributed by atoms with Crippen LogP contribution in [0.1, 0.15) is 18.1 Å². The molecule has 0 aliphatic heterocycles. The largest absolute Gasteiger partial charge is 0.496 e. The molecule has 154 valence electrons. The first-order valence-corrected chi connectivity index (χ1v) is 9.04. The fourth-order valence-electron chi connectivity index (χ4n) is 2.55. The molecule has 1 amide bonds. The highest BCUT2D eigenvalue weighted by molar-refractivity contribution is 5.94. The number of nitrogens with one attached hydrogen (secondary N) is 1. The Labute approximate surface area is 170 Å². The number of hydrogen-bond acceptors (Lipinski definition) is 6.